The minimum atomic E-state index is -0.00171. The summed E-state index contributed by atoms with van der Waals surface area (Å²) in [6.07, 6.45) is 0. The molecule has 0 saturated carbocycles. The Bertz CT molecular complexity index is 409. The average Bonchev–Trinajstić information content (AvgIpc) is 2.30. The molecular formula is C13H20BrN3O. The molecule has 0 spiro atoms. The first-order chi connectivity index (χ1) is 8.52. The summed E-state index contributed by atoms with van der Waals surface area (Å²) in [7, 11) is 3.83. The molecule has 0 radical (unpaired) electrons. The first-order valence-corrected chi connectivity index (χ1v) is 6.71. The molecule has 0 bridgehead atoms. The quantitative estimate of drug-likeness (QED) is 0.842. The maximum Gasteiger partial charge on any atom is 0.238 e. The lowest BCUT2D eigenvalue weighted by molar-refractivity contribution is -0.117. The van der Waals surface area contributed by atoms with Gasteiger partial charge in [-0.05, 0) is 54.6 Å². The molecule has 0 aliphatic heterocycles. The fourth-order valence-electron chi connectivity index (χ4n) is 1.54. The summed E-state index contributed by atoms with van der Waals surface area (Å²) in [6, 6.07) is 5.87. The summed E-state index contributed by atoms with van der Waals surface area (Å²) in [5, 5.41) is 5.95. The van der Waals surface area contributed by atoms with E-state index in [4.69, 9.17) is 0 Å². The van der Waals surface area contributed by atoms with Gasteiger partial charge in [-0.3, -0.25) is 9.69 Å². The van der Waals surface area contributed by atoms with Gasteiger partial charge in [0.2, 0.25) is 5.91 Å². The number of amides is 1. The van der Waals surface area contributed by atoms with Crippen LogP contribution in [0.2, 0.25) is 0 Å². The summed E-state index contributed by atoms with van der Waals surface area (Å²) < 4.78 is 0.911. The van der Waals surface area contributed by atoms with Gasteiger partial charge in [-0.2, -0.15) is 0 Å². The lowest BCUT2D eigenvalue weighted by Gasteiger charge is -2.16. The standard InChI is InChI=1S/C13H20BrN3O/c1-10-4-5-12(11(14)8-10)16-13(18)9-17(3)7-6-15-2/h4-5,8,15H,6-7,9H2,1-3H3,(H,16,18). The van der Waals surface area contributed by atoms with Crippen molar-refractivity contribution >= 4 is 27.5 Å². The van der Waals surface area contributed by atoms with Crippen molar-refractivity contribution in [1.82, 2.24) is 10.2 Å². The molecule has 1 rings (SSSR count). The van der Waals surface area contributed by atoms with E-state index in [9.17, 15) is 4.79 Å². The summed E-state index contributed by atoms with van der Waals surface area (Å²) in [4.78, 5) is 13.8. The number of aryl methyl sites for hydroxylation is 1. The first-order valence-electron chi connectivity index (χ1n) is 5.92. The number of nitrogens with zero attached hydrogens (tertiary/aromatic N) is 1. The number of rotatable bonds is 6. The molecule has 0 heterocycles. The molecule has 0 aliphatic rings. The second kappa shape index (κ2) is 7.51. The number of nitrogens with one attached hydrogen (secondary N) is 2. The van der Waals surface area contributed by atoms with Crippen molar-refractivity contribution in [2.24, 2.45) is 0 Å². The molecule has 18 heavy (non-hydrogen) atoms. The van der Waals surface area contributed by atoms with Crippen molar-refractivity contribution in [3.8, 4) is 0 Å². The molecule has 1 aromatic carbocycles. The highest BCUT2D eigenvalue weighted by Gasteiger charge is 2.08. The largest absolute Gasteiger partial charge is 0.324 e. The Morgan fingerprint density at radius 1 is 1.44 bits per heavy atom. The Morgan fingerprint density at radius 3 is 2.78 bits per heavy atom. The van der Waals surface area contributed by atoms with E-state index >= 15 is 0 Å². The molecule has 0 saturated heterocycles. The predicted octanol–water partition coefficient (Wildman–Crippen LogP) is 1.85. The third-order valence-electron chi connectivity index (χ3n) is 2.56. The Labute approximate surface area is 117 Å². The molecule has 0 aliphatic carbocycles. The molecule has 0 fully saturated rings. The van der Waals surface area contributed by atoms with E-state index in [1.54, 1.807) is 0 Å². The van der Waals surface area contributed by atoms with Gasteiger partial charge in [0.1, 0.15) is 0 Å². The van der Waals surface area contributed by atoms with Crippen molar-refractivity contribution in [1.29, 1.82) is 0 Å². The molecule has 100 valence electrons. The van der Waals surface area contributed by atoms with Gasteiger partial charge in [0.05, 0.1) is 12.2 Å². The molecule has 0 aromatic heterocycles. The second-order valence-electron chi connectivity index (χ2n) is 4.37. The number of halogens is 1. The first kappa shape index (κ1) is 15.1. The molecule has 5 heteroatoms. The topological polar surface area (TPSA) is 44.4 Å². The highest BCUT2D eigenvalue weighted by molar-refractivity contribution is 9.10. The predicted molar refractivity (Wildman–Crippen MR) is 78.9 cm³/mol. The van der Waals surface area contributed by atoms with Gasteiger partial charge < -0.3 is 10.6 Å². The maximum absolute atomic E-state index is 11.8. The SMILES string of the molecule is CNCCN(C)CC(=O)Nc1ccc(C)cc1Br. The summed E-state index contributed by atoms with van der Waals surface area (Å²) in [5.41, 5.74) is 1.97. The molecular weight excluding hydrogens is 294 g/mol. The maximum atomic E-state index is 11.8. The molecule has 4 nitrogen and oxygen atoms in total. The van der Waals surface area contributed by atoms with Crippen molar-refractivity contribution in [2.75, 3.05) is 39.0 Å². The average molecular weight is 314 g/mol. The fourth-order valence-corrected chi connectivity index (χ4v) is 2.13. The van der Waals surface area contributed by atoms with E-state index in [0.717, 1.165) is 28.8 Å². The van der Waals surface area contributed by atoms with Gasteiger partial charge >= 0.3 is 0 Å². The van der Waals surface area contributed by atoms with Crippen molar-refractivity contribution in [3.63, 3.8) is 0 Å². The lowest BCUT2D eigenvalue weighted by atomic mass is 10.2. The van der Waals surface area contributed by atoms with Crippen molar-refractivity contribution < 1.29 is 4.79 Å². The zero-order chi connectivity index (χ0) is 13.5. The highest BCUT2D eigenvalue weighted by Crippen LogP contribution is 2.23. The zero-order valence-electron chi connectivity index (χ0n) is 11.1. The Hall–Kier alpha value is -0.910. The summed E-state index contributed by atoms with van der Waals surface area (Å²) in [6.45, 7) is 4.13. The van der Waals surface area contributed by atoms with E-state index in [1.165, 1.54) is 0 Å². The fraction of sp³-hybridized carbons (Fsp3) is 0.462. The van der Waals surface area contributed by atoms with Crippen LogP contribution in [-0.4, -0.2) is 44.5 Å². The van der Waals surface area contributed by atoms with E-state index < -0.39 is 0 Å². The van der Waals surface area contributed by atoms with Crippen LogP contribution in [0.5, 0.6) is 0 Å². The second-order valence-corrected chi connectivity index (χ2v) is 5.23. The number of carbonyl (C=O) groups is 1. The van der Waals surface area contributed by atoms with Crippen LogP contribution in [-0.2, 0) is 4.79 Å². The third kappa shape index (κ3) is 5.16. The highest BCUT2D eigenvalue weighted by atomic mass is 79.9. The van der Waals surface area contributed by atoms with E-state index in [2.05, 4.69) is 26.6 Å². The smallest absolute Gasteiger partial charge is 0.238 e. The minimum absolute atomic E-state index is 0.00171. The number of likely N-dealkylation sites (N-methyl/N-ethyl adjacent to an activating group) is 2. The number of benzene rings is 1. The van der Waals surface area contributed by atoms with Crippen LogP contribution in [0, 0.1) is 6.92 Å². The van der Waals surface area contributed by atoms with E-state index in [1.807, 2.05) is 44.1 Å². The Morgan fingerprint density at radius 2 is 2.17 bits per heavy atom. The molecule has 0 unspecified atom stereocenters. The molecule has 0 atom stereocenters. The third-order valence-corrected chi connectivity index (χ3v) is 3.21. The van der Waals surface area contributed by atoms with Crippen LogP contribution in [0.4, 0.5) is 5.69 Å². The van der Waals surface area contributed by atoms with Crippen molar-refractivity contribution in [3.05, 3.63) is 28.2 Å². The van der Waals surface area contributed by atoms with Gasteiger partial charge in [0, 0.05) is 17.6 Å². The van der Waals surface area contributed by atoms with Crippen LogP contribution in [0.1, 0.15) is 5.56 Å². The van der Waals surface area contributed by atoms with Gasteiger partial charge in [-0.25, -0.2) is 0 Å². The lowest BCUT2D eigenvalue weighted by Crippen LogP contribution is -2.34. The molecule has 1 amide bonds. The number of hydrogen-bond acceptors (Lipinski definition) is 3. The molecule has 1 aromatic rings. The van der Waals surface area contributed by atoms with Gasteiger partial charge in [0.25, 0.3) is 0 Å². The van der Waals surface area contributed by atoms with E-state index in [-0.39, 0.29) is 5.91 Å². The van der Waals surface area contributed by atoms with Gasteiger partial charge in [-0.1, -0.05) is 6.07 Å². The minimum Gasteiger partial charge on any atom is -0.324 e. The van der Waals surface area contributed by atoms with E-state index in [0.29, 0.717) is 6.54 Å². The van der Waals surface area contributed by atoms with Crippen LogP contribution >= 0.6 is 15.9 Å². The number of carbonyl (C=O) groups excluding carboxylic acids is 1. The van der Waals surface area contributed by atoms with Crippen molar-refractivity contribution in [2.45, 2.75) is 6.92 Å². The Kier molecular flexibility index (Phi) is 6.32. The zero-order valence-corrected chi connectivity index (χ0v) is 12.7. The van der Waals surface area contributed by atoms with Crippen LogP contribution < -0.4 is 10.6 Å². The number of hydrogen-bond donors (Lipinski definition) is 2. The monoisotopic (exact) mass is 313 g/mol. The summed E-state index contributed by atoms with van der Waals surface area (Å²) in [5.74, 6) is -0.00171. The summed E-state index contributed by atoms with van der Waals surface area (Å²) >= 11 is 3.45. The van der Waals surface area contributed by atoms with Crippen LogP contribution in [0.15, 0.2) is 22.7 Å². The van der Waals surface area contributed by atoms with Gasteiger partial charge in [-0.15, -0.1) is 0 Å². The van der Waals surface area contributed by atoms with Crippen LogP contribution in [0.3, 0.4) is 0 Å². The normalized spacial score (nSPS) is 10.7. The van der Waals surface area contributed by atoms with Crippen LogP contribution in [0.25, 0.3) is 0 Å². The molecule has 2 N–H and O–H groups in total. The van der Waals surface area contributed by atoms with Gasteiger partial charge in [0.15, 0.2) is 0 Å². The number of anilines is 1. The Balaban J connectivity index is 2.49.